The number of ether oxygens (including phenoxy) is 2. The van der Waals surface area contributed by atoms with Gasteiger partial charge < -0.3 is 14.8 Å². The summed E-state index contributed by atoms with van der Waals surface area (Å²) < 4.78 is 37.1. The lowest BCUT2D eigenvalue weighted by Crippen LogP contribution is -2.28. The Balaban J connectivity index is 1.46. The summed E-state index contributed by atoms with van der Waals surface area (Å²) >= 11 is 0. The summed E-state index contributed by atoms with van der Waals surface area (Å²) in [6.45, 7) is 2.13. The monoisotopic (exact) mass is 376 g/mol. The molecule has 138 valence electrons. The molecule has 0 aliphatic carbocycles. The number of nitrogens with one attached hydrogen (secondary N) is 2. The Bertz CT molecular complexity index is 894. The normalized spacial score (nSPS) is 12.8. The summed E-state index contributed by atoms with van der Waals surface area (Å²) in [5.74, 6) is 0.798. The SMILES string of the molecule is Cc1ccc(CS(=O)(=O)NCCC(=O)Nc2ccc3c(c2)OCO3)cc1. The van der Waals surface area contributed by atoms with Gasteiger partial charge in [-0.05, 0) is 24.6 Å². The third-order valence-corrected chi connectivity index (χ3v) is 5.16. The van der Waals surface area contributed by atoms with Crippen LogP contribution in [0.2, 0.25) is 0 Å². The average molecular weight is 376 g/mol. The number of fused-ring (bicyclic) bond motifs is 1. The van der Waals surface area contributed by atoms with Crippen LogP contribution in [-0.2, 0) is 20.6 Å². The van der Waals surface area contributed by atoms with Crippen molar-refractivity contribution in [1.82, 2.24) is 4.72 Å². The van der Waals surface area contributed by atoms with Gasteiger partial charge >= 0.3 is 0 Å². The van der Waals surface area contributed by atoms with Gasteiger partial charge in [0.15, 0.2) is 11.5 Å². The molecule has 0 radical (unpaired) electrons. The third-order valence-electron chi connectivity index (χ3n) is 3.81. The molecule has 0 fully saturated rings. The number of carbonyl (C=O) groups excluding carboxylic acids is 1. The molecule has 0 unspecified atom stereocenters. The Morgan fingerprint density at radius 1 is 1.08 bits per heavy atom. The molecule has 1 heterocycles. The number of anilines is 1. The van der Waals surface area contributed by atoms with Gasteiger partial charge in [0.1, 0.15) is 0 Å². The second-order valence-corrected chi connectivity index (χ2v) is 7.81. The van der Waals surface area contributed by atoms with Crippen molar-refractivity contribution in [2.24, 2.45) is 0 Å². The van der Waals surface area contributed by atoms with Gasteiger partial charge in [0.25, 0.3) is 0 Å². The molecule has 7 nitrogen and oxygen atoms in total. The van der Waals surface area contributed by atoms with Crippen LogP contribution in [0.4, 0.5) is 5.69 Å². The van der Waals surface area contributed by atoms with Gasteiger partial charge in [0, 0.05) is 24.7 Å². The Morgan fingerprint density at radius 2 is 1.81 bits per heavy atom. The van der Waals surface area contributed by atoms with Crippen molar-refractivity contribution < 1.29 is 22.7 Å². The number of sulfonamides is 1. The summed E-state index contributed by atoms with van der Waals surface area (Å²) in [6, 6.07) is 12.4. The van der Waals surface area contributed by atoms with E-state index in [0.29, 0.717) is 22.7 Å². The van der Waals surface area contributed by atoms with E-state index in [-0.39, 0.29) is 31.4 Å². The molecule has 0 spiro atoms. The minimum atomic E-state index is -3.49. The number of carbonyl (C=O) groups is 1. The van der Waals surface area contributed by atoms with E-state index < -0.39 is 10.0 Å². The smallest absolute Gasteiger partial charge is 0.231 e. The lowest BCUT2D eigenvalue weighted by atomic mass is 10.2. The van der Waals surface area contributed by atoms with Crippen LogP contribution in [-0.4, -0.2) is 27.7 Å². The fourth-order valence-corrected chi connectivity index (χ4v) is 3.62. The maximum absolute atomic E-state index is 12.1. The molecule has 1 aliphatic rings. The second kappa shape index (κ2) is 7.76. The molecule has 2 aromatic rings. The Labute approximate surface area is 152 Å². The Hall–Kier alpha value is -2.58. The van der Waals surface area contributed by atoms with Crippen molar-refractivity contribution >= 4 is 21.6 Å². The van der Waals surface area contributed by atoms with Crippen LogP contribution in [0.15, 0.2) is 42.5 Å². The van der Waals surface area contributed by atoms with E-state index in [1.54, 1.807) is 30.3 Å². The van der Waals surface area contributed by atoms with Crippen molar-refractivity contribution in [3.63, 3.8) is 0 Å². The summed E-state index contributed by atoms with van der Waals surface area (Å²) in [5, 5.41) is 2.70. The lowest BCUT2D eigenvalue weighted by molar-refractivity contribution is -0.116. The predicted molar refractivity (Wildman–Crippen MR) is 97.6 cm³/mol. The van der Waals surface area contributed by atoms with Crippen molar-refractivity contribution in [1.29, 1.82) is 0 Å². The largest absolute Gasteiger partial charge is 0.454 e. The first-order chi connectivity index (χ1) is 12.4. The highest BCUT2D eigenvalue weighted by Gasteiger charge is 2.15. The maximum atomic E-state index is 12.1. The topological polar surface area (TPSA) is 93.7 Å². The van der Waals surface area contributed by atoms with Crippen molar-refractivity contribution in [3.8, 4) is 11.5 Å². The van der Waals surface area contributed by atoms with Crippen LogP contribution < -0.4 is 19.5 Å². The molecule has 0 saturated carbocycles. The summed E-state index contributed by atoms with van der Waals surface area (Å²) in [4.78, 5) is 12.0. The fourth-order valence-electron chi connectivity index (χ4n) is 2.47. The Kier molecular flexibility index (Phi) is 5.43. The molecule has 0 aromatic heterocycles. The summed E-state index contributed by atoms with van der Waals surface area (Å²) in [6.07, 6.45) is 0.0293. The van der Waals surface area contributed by atoms with E-state index in [4.69, 9.17) is 9.47 Å². The molecular weight excluding hydrogens is 356 g/mol. The van der Waals surface area contributed by atoms with E-state index in [9.17, 15) is 13.2 Å². The van der Waals surface area contributed by atoms with Gasteiger partial charge in [-0.1, -0.05) is 29.8 Å². The highest BCUT2D eigenvalue weighted by Crippen LogP contribution is 2.34. The van der Waals surface area contributed by atoms with Gasteiger partial charge in [-0.15, -0.1) is 0 Å². The van der Waals surface area contributed by atoms with E-state index in [1.807, 2.05) is 19.1 Å². The highest BCUT2D eigenvalue weighted by molar-refractivity contribution is 7.88. The van der Waals surface area contributed by atoms with Crippen LogP contribution in [0.1, 0.15) is 17.5 Å². The quantitative estimate of drug-likeness (QED) is 0.772. The molecule has 1 aliphatic heterocycles. The minimum absolute atomic E-state index is 0.0293. The maximum Gasteiger partial charge on any atom is 0.231 e. The fraction of sp³-hybridized carbons (Fsp3) is 0.278. The zero-order valence-corrected chi connectivity index (χ0v) is 15.1. The zero-order chi connectivity index (χ0) is 18.6. The predicted octanol–water partition coefficient (Wildman–Crippen LogP) is 2.17. The van der Waals surface area contributed by atoms with Crippen molar-refractivity contribution in [2.45, 2.75) is 19.1 Å². The first-order valence-electron chi connectivity index (χ1n) is 8.14. The molecule has 2 aromatic carbocycles. The molecule has 2 N–H and O–H groups in total. The van der Waals surface area contributed by atoms with Crippen LogP contribution >= 0.6 is 0 Å². The van der Waals surface area contributed by atoms with Crippen LogP contribution in [0.5, 0.6) is 11.5 Å². The number of benzene rings is 2. The van der Waals surface area contributed by atoms with Gasteiger partial charge in [-0.25, -0.2) is 13.1 Å². The first-order valence-corrected chi connectivity index (χ1v) is 9.79. The van der Waals surface area contributed by atoms with Gasteiger partial charge in [0.2, 0.25) is 22.7 Å². The second-order valence-electron chi connectivity index (χ2n) is 6.01. The first kappa shape index (κ1) is 18.2. The number of amides is 1. The average Bonchev–Trinajstić information content (AvgIpc) is 3.04. The van der Waals surface area contributed by atoms with Crippen LogP contribution in [0.25, 0.3) is 0 Å². The van der Waals surface area contributed by atoms with E-state index in [1.165, 1.54) is 0 Å². The third kappa shape index (κ3) is 4.96. The van der Waals surface area contributed by atoms with E-state index in [0.717, 1.165) is 5.56 Å². The van der Waals surface area contributed by atoms with E-state index >= 15 is 0 Å². The highest BCUT2D eigenvalue weighted by atomic mass is 32.2. The molecule has 3 rings (SSSR count). The molecule has 0 saturated heterocycles. The molecule has 1 amide bonds. The molecule has 0 bridgehead atoms. The van der Waals surface area contributed by atoms with Crippen molar-refractivity contribution in [2.75, 3.05) is 18.7 Å². The summed E-state index contributed by atoms with van der Waals surface area (Å²) in [7, 11) is -3.49. The Morgan fingerprint density at radius 3 is 2.58 bits per heavy atom. The molecule has 8 heteroatoms. The summed E-state index contributed by atoms with van der Waals surface area (Å²) in [5.41, 5.74) is 2.34. The molecule has 26 heavy (non-hydrogen) atoms. The van der Waals surface area contributed by atoms with Crippen LogP contribution in [0, 0.1) is 6.92 Å². The number of hydrogen-bond donors (Lipinski definition) is 2. The standard InChI is InChI=1S/C18H20N2O5S/c1-13-2-4-14(5-3-13)11-26(22,23)19-9-8-18(21)20-15-6-7-16-17(10-15)25-12-24-16/h2-7,10,19H,8-9,11-12H2,1H3,(H,20,21). The molecule has 0 atom stereocenters. The van der Waals surface area contributed by atoms with Crippen molar-refractivity contribution in [3.05, 3.63) is 53.6 Å². The minimum Gasteiger partial charge on any atom is -0.454 e. The number of rotatable bonds is 7. The van der Waals surface area contributed by atoms with Gasteiger partial charge in [-0.2, -0.15) is 0 Å². The number of aryl methyl sites for hydroxylation is 1. The van der Waals surface area contributed by atoms with Gasteiger partial charge in [-0.3, -0.25) is 4.79 Å². The van der Waals surface area contributed by atoms with Gasteiger partial charge in [0.05, 0.1) is 5.75 Å². The van der Waals surface area contributed by atoms with Crippen LogP contribution in [0.3, 0.4) is 0 Å². The van der Waals surface area contributed by atoms with E-state index in [2.05, 4.69) is 10.0 Å². The number of hydrogen-bond acceptors (Lipinski definition) is 5. The lowest BCUT2D eigenvalue weighted by Gasteiger charge is -2.08. The zero-order valence-electron chi connectivity index (χ0n) is 14.3. The molecular formula is C18H20N2O5S.